The molecule has 0 aliphatic heterocycles. The average Bonchev–Trinajstić information content (AvgIpc) is 1.88. The van der Waals surface area contributed by atoms with Crippen LogP contribution < -0.4 is 5.32 Å². The fourth-order valence-corrected chi connectivity index (χ4v) is 0.264. The largest absolute Gasteiger partial charge is 0.379 e. The van der Waals surface area contributed by atoms with Crippen molar-refractivity contribution in [3.05, 3.63) is 0 Å². The Labute approximate surface area is 64.0 Å². The van der Waals surface area contributed by atoms with Crippen LogP contribution in [0.1, 0.15) is 13.8 Å². The van der Waals surface area contributed by atoms with E-state index in [2.05, 4.69) is 5.32 Å². The van der Waals surface area contributed by atoms with Crippen LogP contribution in [0.5, 0.6) is 0 Å². The topological polar surface area (TPSA) is 35.5 Å². The highest BCUT2D eigenvalue weighted by Crippen LogP contribution is 1.85. The van der Waals surface area contributed by atoms with E-state index in [4.69, 9.17) is 5.11 Å². The third-order valence-corrected chi connectivity index (χ3v) is 1.14. The van der Waals surface area contributed by atoms with E-state index >= 15 is 0 Å². The second kappa shape index (κ2) is 8.88. The molecule has 1 unspecified atom stereocenters. The first-order valence-electron chi connectivity index (χ1n) is 3.56. The summed E-state index contributed by atoms with van der Waals surface area (Å²) in [5.74, 6) is 0. The molecular weight excluding hydrogens is 128 g/mol. The summed E-state index contributed by atoms with van der Waals surface area (Å²) in [5, 5.41) is 11.5. The van der Waals surface area contributed by atoms with Crippen molar-refractivity contribution < 1.29 is 5.11 Å². The molecule has 0 aromatic carbocycles. The number of hydrogen-bond donors (Lipinski definition) is 2. The van der Waals surface area contributed by atoms with Gasteiger partial charge in [-0.2, -0.15) is 0 Å². The summed E-state index contributed by atoms with van der Waals surface area (Å²) in [4.78, 5) is 1.85. The first-order valence-corrected chi connectivity index (χ1v) is 3.56. The number of aliphatic hydroxyl groups excluding tert-OH is 1. The van der Waals surface area contributed by atoms with E-state index in [0.717, 1.165) is 6.54 Å². The van der Waals surface area contributed by atoms with Gasteiger partial charge in [-0.15, -0.1) is 0 Å². The molecule has 0 aromatic rings. The Kier molecular flexibility index (Phi) is 11.1. The van der Waals surface area contributed by atoms with Gasteiger partial charge in [-0.05, 0) is 34.6 Å². The first kappa shape index (κ1) is 12.5. The van der Waals surface area contributed by atoms with Crippen molar-refractivity contribution in [2.45, 2.75) is 20.1 Å². The van der Waals surface area contributed by atoms with Crippen LogP contribution in [-0.4, -0.2) is 43.9 Å². The molecule has 0 aliphatic carbocycles. The molecule has 0 radical (unpaired) electrons. The normalized spacial score (nSPS) is 12.3. The highest BCUT2D eigenvalue weighted by Gasteiger charge is 1.97. The van der Waals surface area contributed by atoms with Crippen LogP contribution in [0.2, 0.25) is 0 Å². The fourth-order valence-electron chi connectivity index (χ4n) is 0.264. The molecule has 2 N–H and O–H groups in total. The molecular formula is C7H20N2O. The van der Waals surface area contributed by atoms with Crippen LogP contribution in [0, 0.1) is 0 Å². The molecule has 3 nitrogen and oxygen atoms in total. The van der Waals surface area contributed by atoms with E-state index in [1.807, 2.05) is 33.0 Å². The first-order chi connectivity index (χ1) is 4.59. The molecule has 3 heteroatoms. The van der Waals surface area contributed by atoms with Gasteiger partial charge in [0.25, 0.3) is 0 Å². The van der Waals surface area contributed by atoms with Gasteiger partial charge in [0.05, 0.1) is 0 Å². The number of hydrogen-bond acceptors (Lipinski definition) is 3. The number of aliphatic hydroxyl groups is 1. The average molecular weight is 148 g/mol. The Morgan fingerprint density at radius 2 is 1.80 bits per heavy atom. The molecule has 0 saturated carbocycles. The SMILES string of the molecule is CCN(C)C(C)O.CNC. The van der Waals surface area contributed by atoms with Crippen molar-refractivity contribution in [2.75, 3.05) is 27.7 Å². The lowest BCUT2D eigenvalue weighted by molar-refractivity contribution is 0.0424. The van der Waals surface area contributed by atoms with Gasteiger partial charge in [-0.1, -0.05) is 6.92 Å². The minimum atomic E-state index is -0.301. The fraction of sp³-hybridized carbons (Fsp3) is 1.00. The van der Waals surface area contributed by atoms with E-state index in [-0.39, 0.29) is 6.23 Å². The zero-order valence-electron chi connectivity index (χ0n) is 7.68. The highest BCUT2D eigenvalue weighted by atomic mass is 16.3. The van der Waals surface area contributed by atoms with Crippen molar-refractivity contribution in [1.82, 2.24) is 10.2 Å². The van der Waals surface area contributed by atoms with Gasteiger partial charge < -0.3 is 10.4 Å². The van der Waals surface area contributed by atoms with Crippen LogP contribution in [0.3, 0.4) is 0 Å². The van der Waals surface area contributed by atoms with Crippen LogP contribution in [0.15, 0.2) is 0 Å². The van der Waals surface area contributed by atoms with Crippen LogP contribution in [0.4, 0.5) is 0 Å². The van der Waals surface area contributed by atoms with E-state index in [1.165, 1.54) is 0 Å². The molecule has 0 saturated heterocycles. The molecule has 0 spiro atoms. The molecule has 0 aromatic heterocycles. The third kappa shape index (κ3) is 10.8. The summed E-state index contributed by atoms with van der Waals surface area (Å²) in [6, 6.07) is 0. The third-order valence-electron chi connectivity index (χ3n) is 1.14. The Morgan fingerprint density at radius 1 is 1.50 bits per heavy atom. The molecule has 0 bridgehead atoms. The van der Waals surface area contributed by atoms with E-state index < -0.39 is 0 Å². The van der Waals surface area contributed by atoms with E-state index in [1.54, 1.807) is 6.92 Å². The summed E-state index contributed by atoms with van der Waals surface area (Å²) in [7, 11) is 5.63. The van der Waals surface area contributed by atoms with E-state index in [9.17, 15) is 0 Å². The zero-order valence-corrected chi connectivity index (χ0v) is 7.68. The standard InChI is InChI=1S/C5H13NO.C2H7N/c1-4-6(3)5(2)7;1-3-2/h5,7H,4H2,1-3H3;3H,1-2H3. The Hall–Kier alpha value is -0.120. The summed E-state index contributed by atoms with van der Waals surface area (Å²) >= 11 is 0. The summed E-state index contributed by atoms with van der Waals surface area (Å²) in [6.45, 7) is 4.66. The van der Waals surface area contributed by atoms with Crippen molar-refractivity contribution in [2.24, 2.45) is 0 Å². The van der Waals surface area contributed by atoms with Gasteiger partial charge in [0.1, 0.15) is 6.23 Å². The summed E-state index contributed by atoms with van der Waals surface area (Å²) in [6.07, 6.45) is -0.301. The van der Waals surface area contributed by atoms with Crippen molar-refractivity contribution in [1.29, 1.82) is 0 Å². The zero-order chi connectivity index (χ0) is 8.57. The van der Waals surface area contributed by atoms with Crippen molar-refractivity contribution >= 4 is 0 Å². The van der Waals surface area contributed by atoms with Crippen LogP contribution >= 0.6 is 0 Å². The predicted molar refractivity (Wildman–Crippen MR) is 45.0 cm³/mol. The molecule has 0 amide bonds. The van der Waals surface area contributed by atoms with Gasteiger partial charge in [-0.25, -0.2) is 0 Å². The van der Waals surface area contributed by atoms with Crippen LogP contribution in [0.25, 0.3) is 0 Å². The molecule has 0 rings (SSSR count). The maximum absolute atomic E-state index is 8.75. The van der Waals surface area contributed by atoms with Crippen LogP contribution in [-0.2, 0) is 0 Å². The highest BCUT2D eigenvalue weighted by molar-refractivity contribution is 4.43. The monoisotopic (exact) mass is 148 g/mol. The lowest BCUT2D eigenvalue weighted by Crippen LogP contribution is -2.27. The quantitative estimate of drug-likeness (QED) is 0.546. The number of rotatable bonds is 2. The smallest absolute Gasteiger partial charge is 0.104 e. The second-order valence-corrected chi connectivity index (χ2v) is 2.21. The maximum atomic E-state index is 8.75. The molecule has 1 atom stereocenters. The van der Waals surface area contributed by atoms with Gasteiger partial charge in [-0.3, -0.25) is 4.90 Å². The predicted octanol–water partition coefficient (Wildman–Crippen LogP) is 0.112. The summed E-state index contributed by atoms with van der Waals surface area (Å²) in [5.41, 5.74) is 0. The molecule has 0 aliphatic rings. The molecule has 0 heterocycles. The second-order valence-electron chi connectivity index (χ2n) is 2.21. The van der Waals surface area contributed by atoms with Gasteiger partial charge in [0, 0.05) is 0 Å². The van der Waals surface area contributed by atoms with Gasteiger partial charge in [0.2, 0.25) is 0 Å². The lowest BCUT2D eigenvalue weighted by atomic mass is 10.5. The van der Waals surface area contributed by atoms with Crippen molar-refractivity contribution in [3.63, 3.8) is 0 Å². The van der Waals surface area contributed by atoms with Gasteiger partial charge >= 0.3 is 0 Å². The minimum Gasteiger partial charge on any atom is -0.379 e. The molecule has 64 valence electrons. The number of nitrogens with one attached hydrogen (secondary N) is 1. The van der Waals surface area contributed by atoms with Crippen molar-refractivity contribution in [3.8, 4) is 0 Å². The minimum absolute atomic E-state index is 0.301. The molecule has 0 fully saturated rings. The Balaban J connectivity index is 0. The maximum Gasteiger partial charge on any atom is 0.104 e. The number of nitrogens with zero attached hydrogens (tertiary/aromatic N) is 1. The summed E-state index contributed by atoms with van der Waals surface area (Å²) < 4.78 is 0. The lowest BCUT2D eigenvalue weighted by Gasteiger charge is -2.16. The van der Waals surface area contributed by atoms with E-state index in [0.29, 0.717) is 0 Å². The van der Waals surface area contributed by atoms with Gasteiger partial charge in [0.15, 0.2) is 0 Å². The Bertz CT molecular complexity index is 57.6. The molecule has 10 heavy (non-hydrogen) atoms. The Morgan fingerprint density at radius 3 is 1.80 bits per heavy atom.